The molecule has 1 saturated heterocycles. The molecule has 0 bridgehead atoms. The van der Waals surface area contributed by atoms with Crippen molar-refractivity contribution in [1.82, 2.24) is 15.2 Å². The second-order valence-corrected chi connectivity index (χ2v) is 7.77. The van der Waals surface area contributed by atoms with Crippen molar-refractivity contribution in [2.75, 3.05) is 32.8 Å². The fraction of sp³-hybridized carbons (Fsp3) is 0.375. The van der Waals surface area contributed by atoms with E-state index in [-0.39, 0.29) is 5.91 Å². The molecule has 2 N–H and O–H groups in total. The number of rotatable bonds is 7. The SMILES string of the molecule is Cc1[nH]c2ccccc2c1C1CCN(CC(=O)NCCOc2ccccc2)CC1. The Balaban J connectivity index is 1.21. The molecule has 0 aliphatic carbocycles. The summed E-state index contributed by atoms with van der Waals surface area (Å²) in [5.74, 6) is 1.46. The molecule has 3 aromatic rings. The van der Waals surface area contributed by atoms with Gasteiger partial charge in [0, 0.05) is 16.6 Å². The molecule has 29 heavy (non-hydrogen) atoms. The third-order valence-electron chi connectivity index (χ3n) is 5.74. The Morgan fingerprint density at radius 3 is 2.62 bits per heavy atom. The molecule has 2 aromatic carbocycles. The summed E-state index contributed by atoms with van der Waals surface area (Å²) in [6, 6.07) is 18.2. The molecule has 1 aliphatic rings. The third kappa shape index (κ3) is 4.80. The molecule has 4 rings (SSSR count). The molecule has 1 aliphatic heterocycles. The third-order valence-corrected chi connectivity index (χ3v) is 5.74. The number of amides is 1. The minimum atomic E-state index is 0.0726. The van der Waals surface area contributed by atoms with Crippen LogP contribution in [0, 0.1) is 6.92 Å². The lowest BCUT2D eigenvalue weighted by Crippen LogP contribution is -2.42. The second-order valence-electron chi connectivity index (χ2n) is 7.77. The first-order chi connectivity index (χ1) is 14.2. The Hall–Kier alpha value is -2.79. The summed E-state index contributed by atoms with van der Waals surface area (Å²) < 4.78 is 5.62. The van der Waals surface area contributed by atoms with Crippen molar-refractivity contribution in [3.63, 3.8) is 0 Å². The van der Waals surface area contributed by atoms with Crippen molar-refractivity contribution in [2.24, 2.45) is 0 Å². The second kappa shape index (κ2) is 9.14. The van der Waals surface area contributed by atoms with Crippen molar-refractivity contribution in [3.8, 4) is 5.75 Å². The molecule has 152 valence electrons. The topological polar surface area (TPSA) is 57.4 Å². The molecule has 1 amide bonds. The maximum Gasteiger partial charge on any atom is 0.234 e. The van der Waals surface area contributed by atoms with Crippen LogP contribution in [0.15, 0.2) is 54.6 Å². The van der Waals surface area contributed by atoms with E-state index in [4.69, 9.17) is 4.74 Å². The molecule has 0 radical (unpaired) electrons. The predicted molar refractivity (Wildman–Crippen MR) is 116 cm³/mol. The highest BCUT2D eigenvalue weighted by molar-refractivity contribution is 5.85. The number of nitrogens with one attached hydrogen (secondary N) is 2. The number of benzene rings is 2. The summed E-state index contributed by atoms with van der Waals surface area (Å²) in [6.07, 6.45) is 2.18. The number of hydrogen-bond donors (Lipinski definition) is 2. The molecule has 0 saturated carbocycles. The van der Waals surface area contributed by atoms with Crippen LogP contribution in [0.3, 0.4) is 0 Å². The first-order valence-electron chi connectivity index (χ1n) is 10.4. The molecule has 0 atom stereocenters. The van der Waals surface area contributed by atoms with Crippen molar-refractivity contribution in [2.45, 2.75) is 25.7 Å². The minimum absolute atomic E-state index is 0.0726. The van der Waals surface area contributed by atoms with E-state index in [1.165, 1.54) is 22.2 Å². The lowest BCUT2D eigenvalue weighted by atomic mass is 9.87. The summed E-state index contributed by atoms with van der Waals surface area (Å²) in [4.78, 5) is 18.0. The normalized spacial score (nSPS) is 15.5. The Labute approximate surface area is 172 Å². The molecule has 0 spiro atoms. The highest BCUT2D eigenvalue weighted by Gasteiger charge is 2.25. The van der Waals surface area contributed by atoms with E-state index in [9.17, 15) is 4.79 Å². The molecule has 5 nitrogen and oxygen atoms in total. The minimum Gasteiger partial charge on any atom is -0.492 e. The molecular weight excluding hydrogens is 362 g/mol. The number of hydrogen-bond acceptors (Lipinski definition) is 3. The van der Waals surface area contributed by atoms with Crippen LogP contribution in [0.5, 0.6) is 5.75 Å². The summed E-state index contributed by atoms with van der Waals surface area (Å²) in [5, 5.41) is 4.31. The first kappa shape index (κ1) is 19.5. The monoisotopic (exact) mass is 391 g/mol. The number of piperidine rings is 1. The van der Waals surface area contributed by atoms with Gasteiger partial charge >= 0.3 is 0 Å². The number of aromatic nitrogens is 1. The summed E-state index contributed by atoms with van der Waals surface area (Å²) in [6.45, 7) is 5.56. The maximum absolute atomic E-state index is 12.2. The maximum atomic E-state index is 12.2. The molecular formula is C24H29N3O2. The van der Waals surface area contributed by atoms with Gasteiger partial charge in [0.25, 0.3) is 0 Å². The van der Waals surface area contributed by atoms with E-state index < -0.39 is 0 Å². The van der Waals surface area contributed by atoms with Crippen LogP contribution in [-0.2, 0) is 4.79 Å². The predicted octanol–water partition coefficient (Wildman–Crippen LogP) is 3.85. The summed E-state index contributed by atoms with van der Waals surface area (Å²) in [5.41, 5.74) is 3.96. The largest absolute Gasteiger partial charge is 0.492 e. The van der Waals surface area contributed by atoms with Gasteiger partial charge in [-0.1, -0.05) is 36.4 Å². The number of H-pyrrole nitrogens is 1. The van der Waals surface area contributed by atoms with E-state index in [0.29, 0.717) is 25.6 Å². The zero-order valence-corrected chi connectivity index (χ0v) is 17.0. The van der Waals surface area contributed by atoms with Crippen LogP contribution in [0.2, 0.25) is 0 Å². The number of ether oxygens (including phenoxy) is 1. The Kier molecular flexibility index (Phi) is 6.15. The zero-order chi connectivity index (χ0) is 20.1. The van der Waals surface area contributed by atoms with Crippen molar-refractivity contribution < 1.29 is 9.53 Å². The van der Waals surface area contributed by atoms with Gasteiger partial charge in [-0.3, -0.25) is 9.69 Å². The van der Waals surface area contributed by atoms with Crippen LogP contribution in [0.4, 0.5) is 0 Å². The van der Waals surface area contributed by atoms with Crippen LogP contribution in [0.25, 0.3) is 10.9 Å². The van der Waals surface area contributed by atoms with Crippen molar-refractivity contribution >= 4 is 16.8 Å². The average molecular weight is 392 g/mol. The van der Waals surface area contributed by atoms with Gasteiger partial charge in [0.1, 0.15) is 12.4 Å². The standard InChI is InChI=1S/C24H29N3O2/c1-18-24(21-9-5-6-10-22(21)26-18)19-11-14-27(15-12-19)17-23(28)25-13-16-29-20-7-3-2-4-8-20/h2-10,19,26H,11-17H2,1H3,(H,25,28). The number of nitrogens with zero attached hydrogens (tertiary/aromatic N) is 1. The molecule has 5 heteroatoms. The van der Waals surface area contributed by atoms with Crippen LogP contribution in [-0.4, -0.2) is 48.6 Å². The van der Waals surface area contributed by atoms with Crippen LogP contribution in [0.1, 0.15) is 30.0 Å². The zero-order valence-electron chi connectivity index (χ0n) is 17.0. The van der Waals surface area contributed by atoms with Gasteiger partial charge in [-0.25, -0.2) is 0 Å². The van der Waals surface area contributed by atoms with Gasteiger partial charge in [-0.05, 0) is 62.5 Å². The van der Waals surface area contributed by atoms with E-state index in [2.05, 4.69) is 46.4 Å². The van der Waals surface area contributed by atoms with Gasteiger partial charge in [-0.2, -0.15) is 0 Å². The number of fused-ring (bicyclic) bond motifs is 1. The number of para-hydroxylation sites is 2. The number of aryl methyl sites for hydroxylation is 1. The van der Waals surface area contributed by atoms with Crippen LogP contribution < -0.4 is 10.1 Å². The molecule has 1 fully saturated rings. The Morgan fingerprint density at radius 2 is 1.83 bits per heavy atom. The summed E-state index contributed by atoms with van der Waals surface area (Å²) in [7, 11) is 0. The number of aromatic amines is 1. The number of carbonyl (C=O) groups is 1. The lowest BCUT2D eigenvalue weighted by Gasteiger charge is -2.31. The van der Waals surface area contributed by atoms with E-state index in [1.54, 1.807) is 0 Å². The van der Waals surface area contributed by atoms with E-state index in [1.807, 2.05) is 30.3 Å². The highest BCUT2D eigenvalue weighted by Crippen LogP contribution is 2.35. The lowest BCUT2D eigenvalue weighted by molar-refractivity contribution is -0.122. The van der Waals surface area contributed by atoms with Gasteiger partial charge in [-0.15, -0.1) is 0 Å². The number of likely N-dealkylation sites (tertiary alicyclic amines) is 1. The quantitative estimate of drug-likeness (QED) is 0.602. The van der Waals surface area contributed by atoms with Gasteiger partial charge in [0.2, 0.25) is 5.91 Å². The van der Waals surface area contributed by atoms with Gasteiger partial charge < -0.3 is 15.0 Å². The molecule has 0 unspecified atom stereocenters. The number of carbonyl (C=O) groups excluding carboxylic acids is 1. The van der Waals surface area contributed by atoms with Crippen LogP contribution >= 0.6 is 0 Å². The van der Waals surface area contributed by atoms with Gasteiger partial charge in [0.05, 0.1) is 13.1 Å². The van der Waals surface area contributed by atoms with Gasteiger partial charge in [0.15, 0.2) is 0 Å². The summed E-state index contributed by atoms with van der Waals surface area (Å²) >= 11 is 0. The Morgan fingerprint density at radius 1 is 1.10 bits per heavy atom. The smallest absolute Gasteiger partial charge is 0.234 e. The fourth-order valence-electron chi connectivity index (χ4n) is 4.34. The molecule has 2 heterocycles. The molecule has 1 aromatic heterocycles. The fourth-order valence-corrected chi connectivity index (χ4v) is 4.34. The Bertz CT molecular complexity index is 943. The van der Waals surface area contributed by atoms with Crippen molar-refractivity contribution in [1.29, 1.82) is 0 Å². The highest BCUT2D eigenvalue weighted by atomic mass is 16.5. The van der Waals surface area contributed by atoms with Crippen molar-refractivity contribution in [3.05, 3.63) is 65.9 Å². The average Bonchev–Trinajstić information content (AvgIpc) is 3.08. The van der Waals surface area contributed by atoms with E-state index >= 15 is 0 Å². The van der Waals surface area contributed by atoms with E-state index in [0.717, 1.165) is 31.7 Å². The first-order valence-corrected chi connectivity index (χ1v) is 10.4.